The first-order valence-corrected chi connectivity index (χ1v) is 3.69. The van der Waals surface area contributed by atoms with Gasteiger partial charge in [-0.3, -0.25) is 0 Å². The van der Waals surface area contributed by atoms with Gasteiger partial charge in [-0.15, -0.1) is 5.10 Å². The molecule has 0 amide bonds. The predicted octanol–water partition coefficient (Wildman–Crippen LogP) is 0.989. The van der Waals surface area contributed by atoms with Crippen molar-refractivity contribution in [3.05, 3.63) is 36.4 Å². The van der Waals surface area contributed by atoms with Gasteiger partial charge in [0.15, 0.2) is 0 Å². The molecule has 2 aromatic rings. The highest BCUT2D eigenvalue weighted by Gasteiger charge is 1.99. The molecular weight excluding hydrogens is 171 g/mol. The quantitative estimate of drug-likeness (QED) is 0.708. The van der Waals surface area contributed by atoms with E-state index in [1.165, 1.54) is 23.1 Å². The van der Waals surface area contributed by atoms with Gasteiger partial charge in [0.05, 0.1) is 5.69 Å². The number of benzene rings is 1. The van der Waals surface area contributed by atoms with Crippen molar-refractivity contribution in [1.82, 2.24) is 14.8 Å². The number of nitrogens with zero attached hydrogens (tertiary/aromatic N) is 3. The Labute approximate surface area is 73.8 Å². The van der Waals surface area contributed by atoms with E-state index < -0.39 is 0 Å². The monoisotopic (exact) mass is 178 g/mol. The number of nitrogen functional groups attached to an aromatic ring is 1. The third-order valence-corrected chi connectivity index (χ3v) is 1.58. The van der Waals surface area contributed by atoms with Crippen LogP contribution in [-0.4, -0.2) is 14.8 Å². The summed E-state index contributed by atoms with van der Waals surface area (Å²) in [7, 11) is 0. The first-order valence-electron chi connectivity index (χ1n) is 3.69. The number of anilines is 1. The van der Waals surface area contributed by atoms with Gasteiger partial charge in [-0.05, 0) is 18.2 Å². The van der Waals surface area contributed by atoms with Gasteiger partial charge in [-0.1, -0.05) is 6.07 Å². The van der Waals surface area contributed by atoms with Crippen LogP contribution in [0.15, 0.2) is 30.6 Å². The second-order valence-electron chi connectivity index (χ2n) is 2.53. The summed E-state index contributed by atoms with van der Waals surface area (Å²) in [4.78, 5) is 3.73. The van der Waals surface area contributed by atoms with E-state index in [2.05, 4.69) is 10.1 Å². The number of aromatic nitrogens is 3. The third kappa shape index (κ3) is 1.48. The number of hydrogen-bond donors (Lipinski definition) is 1. The summed E-state index contributed by atoms with van der Waals surface area (Å²) in [6.07, 6.45) is 1.43. The van der Waals surface area contributed by atoms with Crippen LogP contribution in [0.5, 0.6) is 0 Å². The van der Waals surface area contributed by atoms with E-state index in [1.807, 2.05) is 0 Å². The van der Waals surface area contributed by atoms with Crippen molar-refractivity contribution in [3.63, 3.8) is 0 Å². The molecule has 0 radical (unpaired) electrons. The Bertz CT molecular complexity index is 424. The summed E-state index contributed by atoms with van der Waals surface area (Å²) in [5.41, 5.74) is 5.92. The maximum atomic E-state index is 12.8. The predicted molar refractivity (Wildman–Crippen MR) is 45.7 cm³/mol. The molecule has 0 aliphatic rings. The number of halogens is 1. The van der Waals surface area contributed by atoms with Crippen molar-refractivity contribution in [2.75, 3.05) is 5.73 Å². The largest absolute Gasteiger partial charge is 0.366 e. The third-order valence-electron chi connectivity index (χ3n) is 1.58. The van der Waals surface area contributed by atoms with Gasteiger partial charge >= 0.3 is 0 Å². The van der Waals surface area contributed by atoms with Crippen LogP contribution in [0.3, 0.4) is 0 Å². The summed E-state index contributed by atoms with van der Waals surface area (Å²) in [6, 6.07) is 6.04. The molecule has 1 heterocycles. The first-order chi connectivity index (χ1) is 6.25. The minimum atomic E-state index is -0.313. The Morgan fingerprint density at radius 1 is 1.38 bits per heavy atom. The van der Waals surface area contributed by atoms with Crippen LogP contribution in [0.2, 0.25) is 0 Å². The molecule has 1 aromatic heterocycles. The van der Waals surface area contributed by atoms with Gasteiger partial charge in [0.2, 0.25) is 5.95 Å². The highest BCUT2D eigenvalue weighted by atomic mass is 19.1. The SMILES string of the molecule is Nc1ncn(-c2cccc(F)c2)n1. The van der Waals surface area contributed by atoms with Gasteiger partial charge in [0, 0.05) is 0 Å². The topological polar surface area (TPSA) is 56.7 Å². The standard InChI is InChI=1S/C8H7FN4/c9-6-2-1-3-7(4-6)13-5-11-8(10)12-13/h1-5H,(H2,10,12). The van der Waals surface area contributed by atoms with Gasteiger partial charge in [0.25, 0.3) is 0 Å². The van der Waals surface area contributed by atoms with E-state index >= 15 is 0 Å². The van der Waals surface area contributed by atoms with Crippen molar-refractivity contribution < 1.29 is 4.39 Å². The van der Waals surface area contributed by atoms with Crippen LogP contribution in [0.4, 0.5) is 10.3 Å². The molecule has 0 bridgehead atoms. The molecule has 0 aliphatic carbocycles. The Morgan fingerprint density at radius 3 is 2.85 bits per heavy atom. The molecule has 0 atom stereocenters. The van der Waals surface area contributed by atoms with Crippen molar-refractivity contribution >= 4 is 5.95 Å². The second-order valence-corrected chi connectivity index (χ2v) is 2.53. The minimum Gasteiger partial charge on any atom is -0.366 e. The van der Waals surface area contributed by atoms with Crippen LogP contribution in [0.25, 0.3) is 5.69 Å². The lowest BCUT2D eigenvalue weighted by molar-refractivity contribution is 0.625. The van der Waals surface area contributed by atoms with E-state index in [0.29, 0.717) is 5.69 Å². The van der Waals surface area contributed by atoms with Crippen molar-refractivity contribution in [3.8, 4) is 5.69 Å². The van der Waals surface area contributed by atoms with E-state index in [-0.39, 0.29) is 11.8 Å². The molecule has 0 saturated heterocycles. The second kappa shape index (κ2) is 2.85. The molecule has 0 unspecified atom stereocenters. The Balaban J connectivity index is 2.46. The Morgan fingerprint density at radius 2 is 2.23 bits per heavy atom. The number of hydrogen-bond acceptors (Lipinski definition) is 3. The summed E-state index contributed by atoms with van der Waals surface area (Å²) < 4.78 is 14.2. The smallest absolute Gasteiger partial charge is 0.239 e. The van der Waals surface area contributed by atoms with Crippen LogP contribution >= 0.6 is 0 Å². The Hall–Kier alpha value is -1.91. The summed E-state index contributed by atoms with van der Waals surface area (Å²) >= 11 is 0. The van der Waals surface area contributed by atoms with Gasteiger partial charge < -0.3 is 5.73 Å². The maximum absolute atomic E-state index is 12.8. The van der Waals surface area contributed by atoms with Crippen LogP contribution < -0.4 is 5.73 Å². The maximum Gasteiger partial charge on any atom is 0.239 e. The molecule has 1 aromatic carbocycles. The molecule has 0 spiro atoms. The minimum absolute atomic E-state index is 0.171. The molecule has 0 fully saturated rings. The number of rotatable bonds is 1. The average Bonchev–Trinajstić information content (AvgIpc) is 2.52. The lowest BCUT2D eigenvalue weighted by Crippen LogP contribution is -1.96. The van der Waals surface area contributed by atoms with E-state index in [1.54, 1.807) is 12.1 Å². The van der Waals surface area contributed by atoms with Crippen molar-refractivity contribution in [2.24, 2.45) is 0 Å². The fraction of sp³-hybridized carbons (Fsp3) is 0. The zero-order valence-corrected chi connectivity index (χ0v) is 6.68. The van der Waals surface area contributed by atoms with Crippen LogP contribution in [0.1, 0.15) is 0 Å². The molecule has 5 heteroatoms. The van der Waals surface area contributed by atoms with E-state index in [4.69, 9.17) is 5.73 Å². The number of nitrogens with two attached hydrogens (primary N) is 1. The lowest BCUT2D eigenvalue weighted by atomic mass is 10.3. The molecule has 0 aliphatic heterocycles. The van der Waals surface area contributed by atoms with Crippen molar-refractivity contribution in [1.29, 1.82) is 0 Å². The average molecular weight is 178 g/mol. The van der Waals surface area contributed by atoms with Crippen molar-refractivity contribution in [2.45, 2.75) is 0 Å². The lowest BCUT2D eigenvalue weighted by Gasteiger charge is -1.98. The van der Waals surface area contributed by atoms with E-state index in [0.717, 1.165) is 0 Å². The molecule has 66 valence electrons. The molecular formula is C8H7FN4. The highest BCUT2D eigenvalue weighted by Crippen LogP contribution is 2.08. The van der Waals surface area contributed by atoms with Gasteiger partial charge in [0.1, 0.15) is 12.1 Å². The molecule has 0 saturated carbocycles. The summed E-state index contributed by atoms with van der Waals surface area (Å²) in [5.74, 6) is -0.143. The zero-order chi connectivity index (χ0) is 9.26. The fourth-order valence-electron chi connectivity index (χ4n) is 1.02. The molecule has 13 heavy (non-hydrogen) atoms. The van der Waals surface area contributed by atoms with Gasteiger partial charge in [-0.25, -0.2) is 14.1 Å². The zero-order valence-electron chi connectivity index (χ0n) is 6.68. The summed E-state index contributed by atoms with van der Waals surface area (Å²) in [6.45, 7) is 0. The highest BCUT2D eigenvalue weighted by molar-refractivity contribution is 5.31. The normalized spacial score (nSPS) is 10.2. The molecule has 2 N–H and O–H groups in total. The molecule has 2 rings (SSSR count). The van der Waals surface area contributed by atoms with Gasteiger partial charge in [-0.2, -0.15) is 0 Å². The van der Waals surface area contributed by atoms with E-state index in [9.17, 15) is 4.39 Å². The molecule has 4 nitrogen and oxygen atoms in total. The van der Waals surface area contributed by atoms with Crippen LogP contribution in [0, 0.1) is 5.82 Å². The first kappa shape index (κ1) is 7.72. The fourth-order valence-corrected chi connectivity index (χ4v) is 1.02. The van der Waals surface area contributed by atoms with Crippen LogP contribution in [-0.2, 0) is 0 Å². The summed E-state index contributed by atoms with van der Waals surface area (Å²) in [5, 5.41) is 3.84. The Kier molecular flexibility index (Phi) is 1.70.